The highest BCUT2D eigenvalue weighted by Crippen LogP contribution is 2.19. The van der Waals surface area contributed by atoms with Crippen molar-refractivity contribution in [3.05, 3.63) is 88.2 Å². The van der Waals surface area contributed by atoms with E-state index >= 15 is 0 Å². The van der Waals surface area contributed by atoms with Crippen LogP contribution in [-0.4, -0.2) is 30.5 Å². The minimum absolute atomic E-state index is 0.106. The van der Waals surface area contributed by atoms with E-state index in [0.29, 0.717) is 22.7 Å². The Morgan fingerprint density at radius 3 is 2.43 bits per heavy atom. The van der Waals surface area contributed by atoms with Crippen molar-refractivity contribution in [3.63, 3.8) is 0 Å². The van der Waals surface area contributed by atoms with Crippen LogP contribution in [0.25, 0.3) is 0 Å². The van der Waals surface area contributed by atoms with Gasteiger partial charge in [-0.2, -0.15) is 5.10 Å². The summed E-state index contributed by atoms with van der Waals surface area (Å²) in [5, 5.41) is 8.73. The molecule has 0 heterocycles. The third kappa shape index (κ3) is 7.65. The van der Waals surface area contributed by atoms with E-state index in [2.05, 4.69) is 21.2 Å². The van der Waals surface area contributed by atoms with Gasteiger partial charge in [-0.3, -0.25) is 14.4 Å². The second kappa shape index (κ2) is 11.8. The predicted molar refractivity (Wildman–Crippen MR) is 132 cm³/mol. The molecule has 0 spiro atoms. The molecule has 0 saturated carbocycles. The van der Waals surface area contributed by atoms with Crippen molar-refractivity contribution in [2.24, 2.45) is 5.10 Å². The second-order valence-electron chi connectivity index (χ2n) is 7.49. The highest BCUT2D eigenvalue weighted by atomic mass is 35.5. The molecule has 0 atom stereocenters. The summed E-state index contributed by atoms with van der Waals surface area (Å²) in [6.45, 7) is 3.55. The van der Waals surface area contributed by atoms with Crippen molar-refractivity contribution in [3.8, 4) is 5.75 Å². The number of nitrogens with zero attached hydrogens (tertiary/aromatic N) is 1. The molecule has 0 aliphatic rings. The first-order valence-corrected chi connectivity index (χ1v) is 10.8. The molecule has 10 heteroatoms. The van der Waals surface area contributed by atoms with Crippen molar-refractivity contribution < 1.29 is 23.5 Å². The summed E-state index contributed by atoms with van der Waals surface area (Å²) in [6, 6.07) is 15.7. The molecule has 3 rings (SSSR count). The lowest BCUT2D eigenvalue weighted by Crippen LogP contribution is -2.32. The van der Waals surface area contributed by atoms with Gasteiger partial charge in [0.1, 0.15) is 11.6 Å². The molecular formula is C25H22ClFN4O4. The molecular weight excluding hydrogens is 475 g/mol. The van der Waals surface area contributed by atoms with Crippen molar-refractivity contribution in [1.82, 2.24) is 5.43 Å². The first kappa shape index (κ1) is 25.4. The lowest BCUT2D eigenvalue weighted by atomic mass is 10.1. The van der Waals surface area contributed by atoms with Gasteiger partial charge in [-0.1, -0.05) is 29.8 Å². The second-order valence-corrected chi connectivity index (χ2v) is 7.90. The monoisotopic (exact) mass is 496 g/mol. The normalized spacial score (nSPS) is 10.6. The first-order chi connectivity index (χ1) is 16.7. The van der Waals surface area contributed by atoms with Crippen LogP contribution in [0.2, 0.25) is 5.02 Å². The lowest BCUT2D eigenvalue weighted by molar-refractivity contribution is -0.136. The lowest BCUT2D eigenvalue weighted by Gasteiger charge is -2.08. The van der Waals surface area contributed by atoms with Crippen LogP contribution in [0.1, 0.15) is 16.7 Å². The van der Waals surface area contributed by atoms with E-state index < -0.39 is 23.5 Å². The number of halogens is 2. The van der Waals surface area contributed by atoms with Crippen molar-refractivity contribution in [2.45, 2.75) is 13.8 Å². The summed E-state index contributed by atoms with van der Waals surface area (Å²) < 4.78 is 18.7. The molecule has 3 aromatic carbocycles. The molecule has 0 unspecified atom stereocenters. The first-order valence-electron chi connectivity index (χ1n) is 10.4. The van der Waals surface area contributed by atoms with E-state index in [-0.39, 0.29) is 11.6 Å². The van der Waals surface area contributed by atoms with Crippen LogP contribution in [0.5, 0.6) is 5.75 Å². The van der Waals surface area contributed by atoms with Gasteiger partial charge in [0.15, 0.2) is 6.61 Å². The standard InChI is InChI=1S/C25H22ClFN4O4/c1-15-6-7-18(10-16(15)2)30-24(33)25(34)31-28-13-17-4-3-5-20(11-17)35-14-23(32)29-19-8-9-22(27)21(26)12-19/h3-13H,14H2,1-2H3,(H,29,32)(H,30,33)(H,31,34)/b28-13-. The Kier molecular flexibility index (Phi) is 8.53. The molecule has 35 heavy (non-hydrogen) atoms. The number of amides is 3. The van der Waals surface area contributed by atoms with Crippen LogP contribution >= 0.6 is 11.6 Å². The Morgan fingerprint density at radius 2 is 1.69 bits per heavy atom. The average Bonchev–Trinajstić information content (AvgIpc) is 2.82. The molecule has 0 radical (unpaired) electrons. The number of aryl methyl sites for hydroxylation is 2. The van der Waals surface area contributed by atoms with Gasteiger partial charge in [-0.15, -0.1) is 0 Å². The molecule has 0 aliphatic heterocycles. The number of anilines is 2. The van der Waals surface area contributed by atoms with E-state index in [0.717, 1.165) is 17.2 Å². The summed E-state index contributed by atoms with van der Waals surface area (Å²) in [6.07, 6.45) is 1.33. The molecule has 0 aromatic heterocycles. The van der Waals surface area contributed by atoms with Gasteiger partial charge in [0, 0.05) is 11.4 Å². The van der Waals surface area contributed by atoms with Crippen LogP contribution in [-0.2, 0) is 14.4 Å². The van der Waals surface area contributed by atoms with Gasteiger partial charge in [0.25, 0.3) is 5.91 Å². The van der Waals surface area contributed by atoms with E-state index in [9.17, 15) is 18.8 Å². The smallest absolute Gasteiger partial charge is 0.329 e. The van der Waals surface area contributed by atoms with Crippen molar-refractivity contribution in [1.29, 1.82) is 0 Å². The van der Waals surface area contributed by atoms with E-state index in [4.69, 9.17) is 16.3 Å². The Hall–Kier alpha value is -4.24. The van der Waals surface area contributed by atoms with Crippen LogP contribution < -0.4 is 20.8 Å². The molecule has 3 amide bonds. The van der Waals surface area contributed by atoms with Crippen LogP contribution in [0.15, 0.2) is 65.8 Å². The van der Waals surface area contributed by atoms with Gasteiger partial charge in [-0.25, -0.2) is 9.82 Å². The molecule has 0 fully saturated rings. The number of carbonyl (C=O) groups excluding carboxylic acids is 3. The molecule has 0 aliphatic carbocycles. The average molecular weight is 497 g/mol. The largest absolute Gasteiger partial charge is 0.484 e. The van der Waals surface area contributed by atoms with Crippen LogP contribution in [0.4, 0.5) is 15.8 Å². The van der Waals surface area contributed by atoms with Crippen molar-refractivity contribution >= 4 is 46.9 Å². The Balaban J connectivity index is 1.48. The topological polar surface area (TPSA) is 109 Å². The number of rotatable bonds is 7. The number of hydrogen-bond acceptors (Lipinski definition) is 5. The number of hydrazone groups is 1. The molecule has 0 saturated heterocycles. The minimum atomic E-state index is -0.926. The maximum Gasteiger partial charge on any atom is 0.329 e. The summed E-state index contributed by atoms with van der Waals surface area (Å²) in [5.74, 6) is -2.45. The van der Waals surface area contributed by atoms with Crippen LogP contribution in [0.3, 0.4) is 0 Å². The number of carbonyl (C=O) groups is 3. The number of ether oxygens (including phenoxy) is 1. The van der Waals surface area contributed by atoms with E-state index in [1.807, 2.05) is 19.9 Å². The number of benzene rings is 3. The van der Waals surface area contributed by atoms with Crippen LogP contribution in [0, 0.1) is 19.7 Å². The molecule has 3 aromatic rings. The maximum atomic E-state index is 13.2. The van der Waals surface area contributed by atoms with E-state index in [1.54, 1.807) is 36.4 Å². The summed E-state index contributed by atoms with van der Waals surface area (Å²) >= 11 is 5.69. The SMILES string of the molecule is Cc1ccc(NC(=O)C(=O)N/N=C\c2cccc(OCC(=O)Nc3ccc(F)c(Cl)c3)c2)cc1C. The van der Waals surface area contributed by atoms with Gasteiger partial charge in [0.2, 0.25) is 0 Å². The molecule has 0 bridgehead atoms. The van der Waals surface area contributed by atoms with Gasteiger partial charge >= 0.3 is 11.8 Å². The molecule has 8 nitrogen and oxygen atoms in total. The minimum Gasteiger partial charge on any atom is -0.484 e. The van der Waals surface area contributed by atoms with Crippen molar-refractivity contribution in [2.75, 3.05) is 17.2 Å². The molecule has 180 valence electrons. The fraction of sp³-hybridized carbons (Fsp3) is 0.120. The fourth-order valence-electron chi connectivity index (χ4n) is 2.83. The summed E-state index contributed by atoms with van der Waals surface area (Å²) in [7, 11) is 0. The maximum absolute atomic E-state index is 13.2. The number of hydrogen-bond donors (Lipinski definition) is 3. The third-order valence-corrected chi connectivity index (χ3v) is 5.07. The van der Waals surface area contributed by atoms with Gasteiger partial charge < -0.3 is 15.4 Å². The summed E-state index contributed by atoms with van der Waals surface area (Å²) in [5.41, 5.74) is 5.62. The number of nitrogens with one attached hydrogen (secondary N) is 3. The highest BCUT2D eigenvalue weighted by Gasteiger charge is 2.13. The summed E-state index contributed by atoms with van der Waals surface area (Å²) in [4.78, 5) is 36.1. The predicted octanol–water partition coefficient (Wildman–Crippen LogP) is 4.20. The Bertz CT molecular complexity index is 1300. The zero-order valence-electron chi connectivity index (χ0n) is 18.9. The highest BCUT2D eigenvalue weighted by molar-refractivity contribution is 6.39. The van der Waals surface area contributed by atoms with Gasteiger partial charge in [0.05, 0.1) is 11.2 Å². The van der Waals surface area contributed by atoms with E-state index in [1.165, 1.54) is 18.3 Å². The molecule has 3 N–H and O–H groups in total. The Morgan fingerprint density at radius 1 is 0.943 bits per heavy atom. The Labute approximate surface area is 206 Å². The zero-order chi connectivity index (χ0) is 25.4. The van der Waals surface area contributed by atoms with Gasteiger partial charge in [-0.05, 0) is 73.0 Å². The fourth-order valence-corrected chi connectivity index (χ4v) is 3.01. The quantitative estimate of drug-likeness (QED) is 0.259. The zero-order valence-corrected chi connectivity index (χ0v) is 19.7. The third-order valence-electron chi connectivity index (χ3n) is 4.78.